The zero-order chi connectivity index (χ0) is 20.2. The highest BCUT2D eigenvalue weighted by molar-refractivity contribution is 8.00. The molecular weight excluding hydrogens is 424 g/mol. The number of benzene rings is 2. The van der Waals surface area contributed by atoms with Crippen LogP contribution in [0.5, 0.6) is 0 Å². The van der Waals surface area contributed by atoms with Gasteiger partial charge in [-0.15, -0.1) is 22.0 Å². The van der Waals surface area contributed by atoms with Gasteiger partial charge in [-0.25, -0.2) is 0 Å². The van der Waals surface area contributed by atoms with Crippen LogP contribution in [0.1, 0.15) is 26.9 Å². The number of anilines is 1. The second-order valence-electron chi connectivity index (χ2n) is 6.32. The molecule has 2 amide bonds. The number of amides is 2. The fourth-order valence-corrected chi connectivity index (χ4v) is 5.35. The van der Waals surface area contributed by atoms with E-state index in [9.17, 15) is 9.59 Å². The van der Waals surface area contributed by atoms with Gasteiger partial charge in [0.15, 0.2) is 4.34 Å². The van der Waals surface area contributed by atoms with Crippen molar-refractivity contribution in [2.45, 2.75) is 16.3 Å². The van der Waals surface area contributed by atoms with Crippen molar-refractivity contribution < 1.29 is 9.59 Å². The Labute approximate surface area is 181 Å². The maximum atomic E-state index is 12.5. The van der Waals surface area contributed by atoms with Crippen molar-refractivity contribution in [3.05, 3.63) is 71.3 Å². The summed E-state index contributed by atoms with van der Waals surface area (Å²) in [5.74, 6) is 0.373. The van der Waals surface area contributed by atoms with Gasteiger partial charge in [0.05, 0.1) is 5.75 Å². The molecule has 1 aromatic heterocycles. The summed E-state index contributed by atoms with van der Waals surface area (Å²) in [6.45, 7) is 0.578. The molecule has 0 unspecified atom stereocenters. The van der Waals surface area contributed by atoms with E-state index in [-0.39, 0.29) is 17.2 Å². The third-order valence-electron chi connectivity index (χ3n) is 4.42. The second kappa shape index (κ2) is 8.98. The van der Waals surface area contributed by atoms with Crippen LogP contribution in [-0.2, 0) is 11.3 Å². The smallest absolute Gasteiger partial charge is 0.257 e. The maximum Gasteiger partial charge on any atom is 0.257 e. The predicted octanol–water partition coefficient (Wildman–Crippen LogP) is 4.29. The maximum absolute atomic E-state index is 12.5. The van der Waals surface area contributed by atoms with Gasteiger partial charge < -0.3 is 4.90 Å². The van der Waals surface area contributed by atoms with Gasteiger partial charge in [0.25, 0.3) is 5.91 Å². The van der Waals surface area contributed by atoms with Gasteiger partial charge in [-0.05, 0) is 29.5 Å². The van der Waals surface area contributed by atoms with E-state index in [4.69, 9.17) is 0 Å². The summed E-state index contributed by atoms with van der Waals surface area (Å²) in [7, 11) is 0. The fourth-order valence-electron chi connectivity index (χ4n) is 2.99. The average molecular weight is 443 g/mol. The molecule has 1 fully saturated rings. The Kier molecular flexibility index (Phi) is 6.17. The Bertz CT molecular complexity index is 1010. The number of carbonyl (C=O) groups is 2. The normalized spacial score (nSPS) is 16.2. The Hall–Kier alpha value is -2.36. The highest BCUT2D eigenvalue weighted by Crippen LogP contribution is 2.39. The van der Waals surface area contributed by atoms with Crippen LogP contribution in [0.15, 0.2) is 58.9 Å². The van der Waals surface area contributed by atoms with Crippen molar-refractivity contribution in [2.75, 3.05) is 17.3 Å². The number of hydrogen-bond acceptors (Lipinski definition) is 7. The number of hydrogen-bond donors (Lipinski definition) is 1. The van der Waals surface area contributed by atoms with E-state index in [1.54, 1.807) is 23.9 Å². The summed E-state index contributed by atoms with van der Waals surface area (Å²) in [6, 6.07) is 17.4. The van der Waals surface area contributed by atoms with Gasteiger partial charge in [-0.3, -0.25) is 14.9 Å². The third-order valence-corrected chi connectivity index (χ3v) is 7.49. The molecule has 2 aromatic carbocycles. The Morgan fingerprint density at radius 3 is 2.62 bits per heavy atom. The van der Waals surface area contributed by atoms with Crippen LogP contribution in [0, 0.1) is 0 Å². The van der Waals surface area contributed by atoms with Crippen molar-refractivity contribution in [3.8, 4) is 0 Å². The van der Waals surface area contributed by atoms with Crippen LogP contribution in [0.4, 0.5) is 5.13 Å². The molecule has 0 spiro atoms. The molecule has 1 aliphatic rings. The van der Waals surface area contributed by atoms with E-state index >= 15 is 0 Å². The van der Waals surface area contributed by atoms with Crippen molar-refractivity contribution in [3.63, 3.8) is 0 Å². The van der Waals surface area contributed by atoms with Crippen molar-refractivity contribution in [1.82, 2.24) is 15.1 Å². The van der Waals surface area contributed by atoms with Crippen molar-refractivity contribution in [2.24, 2.45) is 0 Å². The Morgan fingerprint density at radius 1 is 1.17 bits per heavy atom. The summed E-state index contributed by atoms with van der Waals surface area (Å²) in [6.07, 6.45) is 1.91. The van der Waals surface area contributed by atoms with Gasteiger partial charge in [-0.2, -0.15) is 0 Å². The lowest BCUT2D eigenvalue weighted by Crippen LogP contribution is -2.27. The summed E-state index contributed by atoms with van der Waals surface area (Å²) >= 11 is 4.44. The standard InChI is InChI=1S/C20H18N4O2S3/c1-27-20-23-22-19(29-20)21-17(26)14-7-9-15(10-8-14)18-24(16(25)12-28-18)11-13-5-3-2-4-6-13/h2-10,18H,11-12H2,1H3,(H,21,22,26)/t18-/m0/s1. The van der Waals surface area contributed by atoms with Gasteiger partial charge in [0.1, 0.15) is 5.37 Å². The lowest BCUT2D eigenvalue weighted by Gasteiger charge is -2.24. The zero-order valence-electron chi connectivity index (χ0n) is 15.6. The average Bonchev–Trinajstić information content (AvgIpc) is 3.35. The van der Waals surface area contributed by atoms with E-state index in [0.29, 0.717) is 23.0 Å². The number of carbonyl (C=O) groups excluding carboxylic acids is 2. The highest BCUT2D eigenvalue weighted by Gasteiger charge is 2.32. The number of nitrogens with one attached hydrogen (secondary N) is 1. The van der Waals surface area contributed by atoms with Crippen LogP contribution >= 0.6 is 34.9 Å². The van der Waals surface area contributed by atoms with Crippen LogP contribution in [0.3, 0.4) is 0 Å². The molecule has 0 aliphatic carbocycles. The van der Waals surface area contributed by atoms with E-state index in [2.05, 4.69) is 15.5 Å². The molecular formula is C20H18N4O2S3. The SMILES string of the molecule is CSc1nnc(NC(=O)c2ccc([C@@H]3SCC(=O)N3Cc3ccccc3)cc2)s1. The zero-order valence-corrected chi connectivity index (χ0v) is 18.0. The molecule has 0 bridgehead atoms. The number of nitrogens with zero attached hydrogens (tertiary/aromatic N) is 3. The second-order valence-corrected chi connectivity index (χ2v) is 9.42. The lowest BCUT2D eigenvalue weighted by atomic mass is 10.1. The molecule has 1 atom stereocenters. The number of aromatic nitrogens is 2. The summed E-state index contributed by atoms with van der Waals surface area (Å²) in [5, 5.41) is 11.1. The fraction of sp³-hybridized carbons (Fsp3) is 0.200. The molecule has 2 heterocycles. The van der Waals surface area contributed by atoms with E-state index in [1.165, 1.54) is 23.1 Å². The topological polar surface area (TPSA) is 75.2 Å². The molecule has 0 saturated carbocycles. The van der Waals surface area contributed by atoms with Gasteiger partial charge in [-0.1, -0.05) is 65.6 Å². The van der Waals surface area contributed by atoms with E-state index in [1.807, 2.05) is 53.6 Å². The minimum Gasteiger partial charge on any atom is -0.322 e. The number of rotatable bonds is 6. The molecule has 148 valence electrons. The van der Waals surface area contributed by atoms with Crippen LogP contribution in [0.2, 0.25) is 0 Å². The highest BCUT2D eigenvalue weighted by atomic mass is 32.2. The molecule has 6 nitrogen and oxygen atoms in total. The summed E-state index contributed by atoms with van der Waals surface area (Å²) in [5.41, 5.74) is 2.65. The molecule has 0 radical (unpaired) electrons. The minimum absolute atomic E-state index is 0.0490. The molecule has 3 aromatic rings. The van der Waals surface area contributed by atoms with Crippen LogP contribution in [-0.4, -0.2) is 38.9 Å². The summed E-state index contributed by atoms with van der Waals surface area (Å²) < 4.78 is 0.803. The number of thioether (sulfide) groups is 2. The molecule has 1 aliphatic heterocycles. The monoisotopic (exact) mass is 442 g/mol. The molecule has 4 rings (SSSR count). The van der Waals surface area contributed by atoms with Crippen molar-refractivity contribution >= 4 is 51.8 Å². The minimum atomic E-state index is -0.225. The predicted molar refractivity (Wildman–Crippen MR) is 118 cm³/mol. The quantitative estimate of drug-likeness (QED) is 0.453. The molecule has 1 saturated heterocycles. The Morgan fingerprint density at radius 2 is 1.93 bits per heavy atom. The van der Waals surface area contributed by atoms with Gasteiger partial charge >= 0.3 is 0 Å². The first-order chi connectivity index (χ1) is 14.1. The lowest BCUT2D eigenvalue weighted by molar-refractivity contribution is -0.128. The van der Waals surface area contributed by atoms with Gasteiger partial charge in [0.2, 0.25) is 11.0 Å². The van der Waals surface area contributed by atoms with Crippen LogP contribution in [0.25, 0.3) is 0 Å². The first-order valence-corrected chi connectivity index (χ1v) is 12.0. The Balaban J connectivity index is 1.46. The summed E-state index contributed by atoms with van der Waals surface area (Å²) in [4.78, 5) is 26.7. The third kappa shape index (κ3) is 4.63. The van der Waals surface area contributed by atoms with Crippen molar-refractivity contribution in [1.29, 1.82) is 0 Å². The van der Waals surface area contributed by atoms with Gasteiger partial charge in [0, 0.05) is 12.1 Å². The first-order valence-electron chi connectivity index (χ1n) is 8.88. The first kappa shape index (κ1) is 19.9. The van der Waals surface area contributed by atoms with E-state index in [0.717, 1.165) is 15.5 Å². The molecule has 1 N–H and O–H groups in total. The largest absolute Gasteiger partial charge is 0.322 e. The molecule has 29 heavy (non-hydrogen) atoms. The van der Waals surface area contributed by atoms with Crippen LogP contribution < -0.4 is 5.32 Å². The van der Waals surface area contributed by atoms with E-state index < -0.39 is 0 Å². The molecule has 9 heteroatoms.